The number of carbonyl (C=O) groups is 1. The summed E-state index contributed by atoms with van der Waals surface area (Å²) in [5.74, 6) is 0.753. The van der Waals surface area contributed by atoms with Crippen molar-refractivity contribution in [1.29, 1.82) is 0 Å². The highest BCUT2D eigenvalue weighted by Gasteiger charge is 2.27. The van der Waals surface area contributed by atoms with Gasteiger partial charge in [0.1, 0.15) is 0 Å². The van der Waals surface area contributed by atoms with E-state index in [1.165, 1.54) is 25.7 Å². The maximum absolute atomic E-state index is 12.3. The molecule has 2 fully saturated rings. The van der Waals surface area contributed by atoms with E-state index >= 15 is 0 Å². The van der Waals surface area contributed by atoms with Crippen LogP contribution in [0.15, 0.2) is 0 Å². The fraction of sp³-hybridized carbons (Fsp3) is 0.923. The van der Waals surface area contributed by atoms with Gasteiger partial charge in [0, 0.05) is 31.6 Å². The standard InChI is InChI=1S/C13H24N2O/c1-11-10-15(9-8-14-11)13(16)12-6-4-2-3-5-7-12/h11-12,14H,2-10H2,1H3. The number of piperazine rings is 1. The minimum atomic E-state index is 0.327. The van der Waals surface area contributed by atoms with E-state index in [9.17, 15) is 4.79 Å². The Morgan fingerprint density at radius 1 is 1.19 bits per heavy atom. The number of nitrogens with zero attached hydrogens (tertiary/aromatic N) is 1. The van der Waals surface area contributed by atoms with Crippen molar-refractivity contribution in [2.45, 2.75) is 51.5 Å². The predicted molar refractivity (Wildman–Crippen MR) is 65.2 cm³/mol. The fourth-order valence-electron chi connectivity index (χ4n) is 2.92. The Morgan fingerprint density at radius 2 is 1.88 bits per heavy atom. The molecule has 3 heteroatoms. The van der Waals surface area contributed by atoms with Crippen LogP contribution < -0.4 is 5.32 Å². The van der Waals surface area contributed by atoms with Crippen molar-refractivity contribution in [1.82, 2.24) is 10.2 Å². The molecule has 0 aromatic carbocycles. The Morgan fingerprint density at radius 3 is 2.50 bits per heavy atom. The van der Waals surface area contributed by atoms with Gasteiger partial charge in [-0.1, -0.05) is 25.7 Å². The van der Waals surface area contributed by atoms with Gasteiger partial charge in [-0.3, -0.25) is 4.79 Å². The van der Waals surface area contributed by atoms with Crippen LogP contribution in [-0.2, 0) is 4.79 Å². The first-order valence-electron chi connectivity index (χ1n) is 6.79. The second-order valence-electron chi connectivity index (χ2n) is 5.33. The van der Waals surface area contributed by atoms with Gasteiger partial charge in [0.2, 0.25) is 5.91 Å². The minimum Gasteiger partial charge on any atom is -0.340 e. The molecule has 1 N–H and O–H groups in total. The molecule has 0 bridgehead atoms. The van der Waals surface area contributed by atoms with Crippen LogP contribution in [0.5, 0.6) is 0 Å². The quantitative estimate of drug-likeness (QED) is 0.689. The molecule has 1 heterocycles. The molecule has 0 aromatic rings. The maximum Gasteiger partial charge on any atom is 0.225 e. The van der Waals surface area contributed by atoms with Gasteiger partial charge in [-0.2, -0.15) is 0 Å². The largest absolute Gasteiger partial charge is 0.340 e. The van der Waals surface area contributed by atoms with Crippen molar-refractivity contribution in [2.24, 2.45) is 5.92 Å². The predicted octanol–water partition coefficient (Wildman–Crippen LogP) is 1.78. The number of nitrogens with one attached hydrogen (secondary N) is 1. The van der Waals surface area contributed by atoms with Crippen LogP contribution in [0.25, 0.3) is 0 Å². The highest BCUT2D eigenvalue weighted by molar-refractivity contribution is 5.79. The molecule has 1 aliphatic carbocycles. The summed E-state index contributed by atoms with van der Waals surface area (Å²) in [5, 5.41) is 3.39. The van der Waals surface area contributed by atoms with E-state index in [-0.39, 0.29) is 0 Å². The molecule has 2 rings (SSSR count). The molecule has 1 saturated carbocycles. The van der Waals surface area contributed by atoms with Crippen molar-refractivity contribution in [3.8, 4) is 0 Å². The number of carbonyl (C=O) groups excluding carboxylic acids is 1. The van der Waals surface area contributed by atoms with Gasteiger partial charge in [-0.15, -0.1) is 0 Å². The lowest BCUT2D eigenvalue weighted by Gasteiger charge is -2.34. The molecule has 1 aliphatic heterocycles. The molecule has 0 radical (unpaired) electrons. The highest BCUT2D eigenvalue weighted by Crippen LogP contribution is 2.24. The van der Waals surface area contributed by atoms with E-state index in [4.69, 9.17) is 0 Å². The normalized spacial score (nSPS) is 28.8. The Labute approximate surface area is 98.6 Å². The molecule has 16 heavy (non-hydrogen) atoms. The van der Waals surface area contributed by atoms with Crippen molar-refractivity contribution >= 4 is 5.91 Å². The Kier molecular flexibility index (Phi) is 4.22. The number of rotatable bonds is 1. The molecule has 1 atom stereocenters. The van der Waals surface area contributed by atoms with E-state index in [0.717, 1.165) is 32.5 Å². The van der Waals surface area contributed by atoms with Crippen molar-refractivity contribution in [2.75, 3.05) is 19.6 Å². The Bertz CT molecular complexity index is 230. The van der Waals surface area contributed by atoms with Gasteiger partial charge < -0.3 is 10.2 Å². The second-order valence-corrected chi connectivity index (χ2v) is 5.33. The average molecular weight is 224 g/mol. The molecule has 0 spiro atoms. The van der Waals surface area contributed by atoms with E-state index < -0.39 is 0 Å². The van der Waals surface area contributed by atoms with Gasteiger partial charge in [0.25, 0.3) is 0 Å². The van der Waals surface area contributed by atoms with Crippen LogP contribution >= 0.6 is 0 Å². The van der Waals surface area contributed by atoms with E-state index in [2.05, 4.69) is 17.1 Å². The van der Waals surface area contributed by atoms with E-state index in [1.807, 2.05) is 0 Å². The summed E-state index contributed by atoms with van der Waals surface area (Å²) in [5.41, 5.74) is 0. The van der Waals surface area contributed by atoms with Crippen molar-refractivity contribution in [3.05, 3.63) is 0 Å². The molecule has 2 aliphatic rings. The molecule has 3 nitrogen and oxygen atoms in total. The lowest BCUT2D eigenvalue weighted by molar-refractivity contribution is -0.137. The molecular formula is C13H24N2O. The van der Waals surface area contributed by atoms with Gasteiger partial charge in [0.15, 0.2) is 0 Å². The monoisotopic (exact) mass is 224 g/mol. The maximum atomic E-state index is 12.3. The molecule has 1 unspecified atom stereocenters. The average Bonchev–Trinajstić information content (AvgIpc) is 2.56. The third kappa shape index (κ3) is 2.97. The summed E-state index contributed by atoms with van der Waals surface area (Å²) < 4.78 is 0. The van der Waals surface area contributed by atoms with E-state index in [0.29, 0.717) is 17.9 Å². The van der Waals surface area contributed by atoms with Gasteiger partial charge in [-0.25, -0.2) is 0 Å². The Balaban J connectivity index is 1.89. The summed E-state index contributed by atoms with van der Waals surface area (Å²) in [6.07, 6.45) is 7.38. The Hall–Kier alpha value is -0.570. The molecule has 92 valence electrons. The van der Waals surface area contributed by atoms with Crippen LogP contribution in [0.1, 0.15) is 45.4 Å². The van der Waals surface area contributed by atoms with Gasteiger partial charge in [-0.05, 0) is 19.8 Å². The van der Waals surface area contributed by atoms with Crippen LogP contribution in [-0.4, -0.2) is 36.5 Å². The topological polar surface area (TPSA) is 32.3 Å². The number of hydrogen-bond acceptors (Lipinski definition) is 2. The highest BCUT2D eigenvalue weighted by atomic mass is 16.2. The number of amides is 1. The van der Waals surface area contributed by atoms with Crippen LogP contribution in [0.3, 0.4) is 0 Å². The molecule has 1 amide bonds. The molecule has 0 aromatic heterocycles. The first-order valence-corrected chi connectivity index (χ1v) is 6.79. The first-order chi connectivity index (χ1) is 7.77. The zero-order valence-corrected chi connectivity index (χ0v) is 10.4. The lowest BCUT2D eigenvalue weighted by atomic mass is 9.98. The van der Waals surface area contributed by atoms with Crippen LogP contribution in [0.2, 0.25) is 0 Å². The first kappa shape index (κ1) is 11.9. The molecule has 1 saturated heterocycles. The van der Waals surface area contributed by atoms with Crippen LogP contribution in [0, 0.1) is 5.92 Å². The summed E-state index contributed by atoms with van der Waals surface area (Å²) in [4.78, 5) is 14.4. The lowest BCUT2D eigenvalue weighted by Crippen LogP contribution is -2.52. The summed E-state index contributed by atoms with van der Waals surface area (Å²) in [7, 11) is 0. The third-order valence-corrected chi connectivity index (χ3v) is 3.88. The van der Waals surface area contributed by atoms with Crippen molar-refractivity contribution < 1.29 is 4.79 Å². The molecular weight excluding hydrogens is 200 g/mol. The SMILES string of the molecule is CC1CN(C(=O)C2CCCCCC2)CCN1. The summed E-state index contributed by atoms with van der Waals surface area (Å²) in [6, 6.07) is 0.462. The zero-order chi connectivity index (χ0) is 11.4. The number of hydrogen-bond donors (Lipinski definition) is 1. The fourth-order valence-corrected chi connectivity index (χ4v) is 2.92. The smallest absolute Gasteiger partial charge is 0.225 e. The van der Waals surface area contributed by atoms with Gasteiger partial charge >= 0.3 is 0 Å². The van der Waals surface area contributed by atoms with Crippen molar-refractivity contribution in [3.63, 3.8) is 0 Å². The van der Waals surface area contributed by atoms with Gasteiger partial charge in [0.05, 0.1) is 0 Å². The third-order valence-electron chi connectivity index (χ3n) is 3.88. The minimum absolute atomic E-state index is 0.327. The zero-order valence-electron chi connectivity index (χ0n) is 10.4. The van der Waals surface area contributed by atoms with E-state index in [1.54, 1.807) is 0 Å². The summed E-state index contributed by atoms with van der Waals surface area (Å²) in [6.45, 7) is 4.92. The second kappa shape index (κ2) is 5.67. The van der Waals surface area contributed by atoms with Crippen LogP contribution in [0.4, 0.5) is 0 Å². The summed E-state index contributed by atoms with van der Waals surface area (Å²) >= 11 is 0.